The highest BCUT2D eigenvalue weighted by Gasteiger charge is 2.46. The molecule has 1 fully saturated rings. The second kappa shape index (κ2) is 9.25. The molecule has 1 unspecified atom stereocenters. The van der Waals surface area contributed by atoms with Crippen molar-refractivity contribution in [3.05, 3.63) is 41.4 Å². The van der Waals surface area contributed by atoms with Crippen molar-refractivity contribution in [3.8, 4) is 0 Å². The highest BCUT2D eigenvalue weighted by molar-refractivity contribution is 7.92. The van der Waals surface area contributed by atoms with Crippen LogP contribution < -0.4 is 5.32 Å². The number of thiazole rings is 1. The van der Waals surface area contributed by atoms with Gasteiger partial charge in [0.2, 0.25) is 5.91 Å². The molecule has 1 aliphatic rings. The maximum absolute atomic E-state index is 12.8. The number of hydrogen-bond donors (Lipinski definition) is 1. The van der Waals surface area contributed by atoms with E-state index in [0.717, 1.165) is 37.8 Å². The number of aromatic nitrogens is 1. The van der Waals surface area contributed by atoms with Crippen LogP contribution in [0.15, 0.2) is 40.7 Å². The lowest BCUT2D eigenvalue weighted by Crippen LogP contribution is -2.24. The lowest BCUT2D eigenvalue weighted by molar-refractivity contribution is -0.118. The van der Waals surface area contributed by atoms with Crippen LogP contribution in [0.1, 0.15) is 51.0 Å². The number of alkyl halides is 3. The molecule has 10 heteroatoms. The molecule has 1 amide bonds. The van der Waals surface area contributed by atoms with Gasteiger partial charge in [0.25, 0.3) is 9.84 Å². The Labute approximate surface area is 172 Å². The van der Waals surface area contributed by atoms with Gasteiger partial charge in [0, 0.05) is 11.6 Å². The minimum Gasteiger partial charge on any atom is -0.301 e. The van der Waals surface area contributed by atoms with Crippen LogP contribution in [0.4, 0.5) is 18.3 Å². The Morgan fingerprint density at radius 2 is 1.83 bits per heavy atom. The number of nitrogens with one attached hydrogen (secondary N) is 1. The summed E-state index contributed by atoms with van der Waals surface area (Å²) in [7, 11) is -5.41. The second-order valence-electron chi connectivity index (χ2n) is 6.78. The second-order valence-corrected chi connectivity index (χ2v) is 9.62. The molecule has 1 heterocycles. The van der Waals surface area contributed by atoms with Gasteiger partial charge in [-0.2, -0.15) is 13.2 Å². The van der Waals surface area contributed by atoms with E-state index in [9.17, 15) is 26.4 Å². The molecule has 1 saturated carbocycles. The maximum atomic E-state index is 12.8. The van der Waals surface area contributed by atoms with Crippen molar-refractivity contribution in [2.45, 2.75) is 55.9 Å². The molecule has 0 bridgehead atoms. The molecule has 3 rings (SSSR count). The normalized spacial score (nSPS) is 16.2. The van der Waals surface area contributed by atoms with Gasteiger partial charge < -0.3 is 5.32 Å². The van der Waals surface area contributed by atoms with E-state index in [1.165, 1.54) is 23.5 Å². The highest BCUT2D eigenvalue weighted by atomic mass is 32.2. The molecule has 29 heavy (non-hydrogen) atoms. The molecule has 0 aliphatic heterocycles. The fraction of sp³-hybridized carbons (Fsp3) is 0.474. The Hall–Kier alpha value is -1.94. The number of amides is 1. The van der Waals surface area contributed by atoms with Gasteiger partial charge in [0.05, 0.1) is 10.8 Å². The lowest BCUT2D eigenvalue weighted by Gasteiger charge is -2.20. The molecular formula is C19H23F3N2O3S2. The Morgan fingerprint density at radius 1 is 1.21 bits per heavy atom. The van der Waals surface area contributed by atoms with E-state index in [4.69, 9.17) is 0 Å². The number of carbonyl (C=O) groups excluding carboxylic acids is 1. The zero-order chi connectivity index (χ0) is 20.4. The van der Waals surface area contributed by atoms with Crippen molar-refractivity contribution in [1.29, 1.82) is 0 Å². The van der Waals surface area contributed by atoms with Crippen LogP contribution in [0, 0.1) is 5.92 Å². The zero-order valence-electron chi connectivity index (χ0n) is 14.8. The van der Waals surface area contributed by atoms with E-state index < -0.39 is 26.2 Å². The summed E-state index contributed by atoms with van der Waals surface area (Å²) in [4.78, 5) is 16.0. The molecule has 2 aromatic rings. The molecule has 160 valence electrons. The third-order valence-electron chi connectivity index (χ3n) is 4.92. The first-order valence-electron chi connectivity index (χ1n) is 8.80. The van der Waals surface area contributed by atoms with Crippen LogP contribution in [0.25, 0.3) is 0 Å². The quantitative estimate of drug-likeness (QED) is 0.644. The number of carbonyl (C=O) groups is 1. The zero-order valence-corrected chi connectivity index (χ0v) is 16.4. The fourth-order valence-corrected chi connectivity index (χ4v) is 4.76. The van der Waals surface area contributed by atoms with Gasteiger partial charge >= 0.3 is 5.51 Å². The van der Waals surface area contributed by atoms with Gasteiger partial charge in [-0.15, -0.1) is 11.3 Å². The third kappa shape index (κ3) is 5.36. The van der Waals surface area contributed by atoms with Crippen molar-refractivity contribution in [2.24, 2.45) is 5.92 Å². The Bertz CT molecular complexity index is 905. The summed E-state index contributed by atoms with van der Waals surface area (Å²) >= 11 is 1.27. The standard InChI is InChI=1S/C18H19F3N2O3S2.CH4/c19-18(20,21)28(25,26)14-7-5-13(6-8-14)15(11-12-3-1-2-4-12)16(24)23-17-22-9-10-27-17;/h5-10,12,15H,1-4,11H2,(H,22,23,24);1H4. The van der Waals surface area contributed by atoms with Crippen molar-refractivity contribution >= 4 is 32.2 Å². The van der Waals surface area contributed by atoms with Gasteiger partial charge in [-0.05, 0) is 30.0 Å². The van der Waals surface area contributed by atoms with Crippen molar-refractivity contribution < 1.29 is 26.4 Å². The predicted octanol–water partition coefficient (Wildman–Crippen LogP) is 5.38. The minimum absolute atomic E-state index is 0. The summed E-state index contributed by atoms with van der Waals surface area (Å²) in [5.74, 6) is -0.534. The van der Waals surface area contributed by atoms with Crippen LogP contribution in [-0.2, 0) is 14.6 Å². The van der Waals surface area contributed by atoms with Crippen LogP contribution in [0.5, 0.6) is 0 Å². The summed E-state index contributed by atoms with van der Waals surface area (Å²) in [5, 5.41) is 4.90. The maximum Gasteiger partial charge on any atom is 0.501 e. The summed E-state index contributed by atoms with van der Waals surface area (Å²) in [6, 6.07) is 4.41. The Morgan fingerprint density at radius 3 is 2.34 bits per heavy atom. The average molecular weight is 449 g/mol. The number of hydrogen-bond acceptors (Lipinski definition) is 5. The van der Waals surface area contributed by atoms with Gasteiger partial charge in [0.15, 0.2) is 5.13 Å². The van der Waals surface area contributed by atoms with E-state index in [1.54, 1.807) is 11.6 Å². The summed E-state index contributed by atoms with van der Waals surface area (Å²) in [6.07, 6.45) is 6.30. The van der Waals surface area contributed by atoms with Crippen molar-refractivity contribution in [3.63, 3.8) is 0 Å². The molecule has 0 saturated heterocycles. The first-order chi connectivity index (χ1) is 13.2. The van der Waals surface area contributed by atoms with Crippen LogP contribution >= 0.6 is 11.3 Å². The van der Waals surface area contributed by atoms with Gasteiger partial charge in [-0.1, -0.05) is 45.2 Å². The van der Waals surface area contributed by atoms with Crippen molar-refractivity contribution in [1.82, 2.24) is 4.98 Å². The molecule has 1 aliphatic carbocycles. The largest absolute Gasteiger partial charge is 0.501 e. The third-order valence-corrected chi connectivity index (χ3v) is 7.11. The van der Waals surface area contributed by atoms with E-state index in [1.807, 2.05) is 0 Å². The fourth-order valence-electron chi connectivity index (χ4n) is 3.46. The van der Waals surface area contributed by atoms with E-state index in [2.05, 4.69) is 10.3 Å². The minimum atomic E-state index is -5.41. The van der Waals surface area contributed by atoms with Crippen molar-refractivity contribution in [2.75, 3.05) is 5.32 Å². The topological polar surface area (TPSA) is 76.1 Å². The molecule has 1 N–H and O–H groups in total. The van der Waals surface area contributed by atoms with E-state index >= 15 is 0 Å². The van der Waals surface area contributed by atoms with E-state index in [-0.39, 0.29) is 13.3 Å². The summed E-state index contributed by atoms with van der Waals surface area (Å²) in [6.45, 7) is 0. The van der Waals surface area contributed by atoms with Crippen LogP contribution in [0.2, 0.25) is 0 Å². The molecule has 1 aromatic carbocycles. The lowest BCUT2D eigenvalue weighted by atomic mass is 9.87. The number of nitrogens with zero attached hydrogens (tertiary/aromatic N) is 1. The number of halogens is 3. The van der Waals surface area contributed by atoms with Gasteiger partial charge in [-0.25, -0.2) is 13.4 Å². The molecule has 5 nitrogen and oxygen atoms in total. The van der Waals surface area contributed by atoms with Crippen LogP contribution in [0.3, 0.4) is 0 Å². The average Bonchev–Trinajstić information content (AvgIpc) is 3.32. The molecular weight excluding hydrogens is 425 g/mol. The number of rotatable bonds is 6. The molecule has 1 atom stereocenters. The van der Waals surface area contributed by atoms with Gasteiger partial charge in [0.1, 0.15) is 0 Å². The Kier molecular flexibility index (Phi) is 7.45. The molecule has 0 spiro atoms. The SMILES string of the molecule is C.O=C(Nc1nccs1)C(CC1CCCC1)c1ccc(S(=O)(=O)C(F)(F)F)cc1. The van der Waals surface area contributed by atoms with E-state index in [0.29, 0.717) is 23.0 Å². The molecule has 1 aromatic heterocycles. The predicted molar refractivity (Wildman–Crippen MR) is 106 cm³/mol. The summed E-state index contributed by atoms with van der Waals surface area (Å²) < 4.78 is 61.3. The Balaban J connectivity index is 0.00000300. The first-order valence-corrected chi connectivity index (χ1v) is 11.2. The smallest absolute Gasteiger partial charge is 0.301 e. The number of sulfone groups is 1. The number of anilines is 1. The number of benzene rings is 1. The van der Waals surface area contributed by atoms with Crippen LogP contribution in [-0.4, -0.2) is 24.8 Å². The first kappa shape index (κ1) is 23.3. The summed E-state index contributed by atoms with van der Waals surface area (Å²) in [5.41, 5.74) is -4.87. The monoisotopic (exact) mass is 448 g/mol. The molecule has 0 radical (unpaired) electrons. The highest BCUT2D eigenvalue weighted by Crippen LogP contribution is 2.36. The van der Waals surface area contributed by atoms with Gasteiger partial charge in [-0.3, -0.25) is 4.79 Å².